The predicted octanol–water partition coefficient (Wildman–Crippen LogP) is 4.37. The number of alkyl halides is 3. The number of hydrogen-bond acceptors (Lipinski definition) is 3. The second-order valence-corrected chi connectivity index (χ2v) is 5.99. The van der Waals surface area contributed by atoms with Crippen molar-refractivity contribution in [1.29, 1.82) is 0 Å². The first-order valence-corrected chi connectivity index (χ1v) is 8.21. The van der Waals surface area contributed by atoms with E-state index in [1.165, 1.54) is 13.0 Å². The normalized spacial score (nSPS) is 11.6. The highest BCUT2D eigenvalue weighted by molar-refractivity contribution is 6.04. The molecule has 2 aromatic heterocycles. The fourth-order valence-electron chi connectivity index (χ4n) is 2.73. The third-order valence-corrected chi connectivity index (χ3v) is 4.12. The van der Waals surface area contributed by atoms with E-state index < -0.39 is 17.6 Å². The van der Waals surface area contributed by atoms with E-state index in [0.29, 0.717) is 23.4 Å². The van der Waals surface area contributed by atoms with Crippen LogP contribution in [0.2, 0.25) is 0 Å². The summed E-state index contributed by atoms with van der Waals surface area (Å²) in [7, 11) is 0. The van der Waals surface area contributed by atoms with Crippen LogP contribution in [0.5, 0.6) is 0 Å². The number of rotatable bonds is 4. The maximum absolute atomic E-state index is 13.0. The molecule has 3 rings (SSSR count). The number of fused-ring (bicyclic) bond motifs is 1. The average Bonchev–Trinajstić information content (AvgIpc) is 2.99. The second kappa shape index (κ2) is 6.86. The Morgan fingerprint density at radius 3 is 2.33 bits per heavy atom. The average molecular weight is 375 g/mol. The van der Waals surface area contributed by atoms with E-state index in [9.17, 15) is 22.8 Å². The largest absolute Gasteiger partial charge is 0.417 e. The zero-order valence-electron chi connectivity index (χ0n) is 14.6. The molecule has 0 aliphatic carbocycles. The van der Waals surface area contributed by atoms with E-state index in [-0.39, 0.29) is 17.1 Å². The highest BCUT2D eigenvalue weighted by Crippen LogP contribution is 2.30. The molecule has 2 heterocycles. The van der Waals surface area contributed by atoms with Crippen molar-refractivity contribution >= 4 is 23.0 Å². The van der Waals surface area contributed by atoms with E-state index in [0.717, 1.165) is 16.7 Å². The van der Waals surface area contributed by atoms with E-state index in [1.54, 1.807) is 31.2 Å². The molecule has 140 valence electrons. The van der Waals surface area contributed by atoms with Gasteiger partial charge in [0.15, 0.2) is 5.78 Å². The summed E-state index contributed by atoms with van der Waals surface area (Å²) in [6.07, 6.45) is -3.27. The lowest BCUT2D eigenvalue weighted by Crippen LogP contribution is -2.17. The van der Waals surface area contributed by atoms with Gasteiger partial charge >= 0.3 is 6.18 Å². The molecular weight excluding hydrogens is 359 g/mol. The second-order valence-electron chi connectivity index (χ2n) is 5.99. The number of carbonyl (C=O) groups is 2. The van der Waals surface area contributed by atoms with Crippen LogP contribution in [0.4, 0.5) is 18.9 Å². The number of amides is 1. The molecular formula is C19H16F3N3O2. The number of anilines is 1. The maximum Gasteiger partial charge on any atom is 0.417 e. The van der Waals surface area contributed by atoms with Gasteiger partial charge in [-0.25, -0.2) is 4.98 Å². The number of hydrogen-bond donors (Lipinski definition) is 1. The van der Waals surface area contributed by atoms with Crippen molar-refractivity contribution in [3.63, 3.8) is 0 Å². The Kier molecular flexibility index (Phi) is 4.73. The minimum atomic E-state index is -4.53. The molecule has 0 unspecified atom stereocenters. The first kappa shape index (κ1) is 18.6. The van der Waals surface area contributed by atoms with Crippen LogP contribution in [0, 0.1) is 0 Å². The number of halogens is 3. The first-order chi connectivity index (χ1) is 12.7. The summed E-state index contributed by atoms with van der Waals surface area (Å²) >= 11 is 0. The van der Waals surface area contributed by atoms with Crippen molar-refractivity contribution in [2.75, 3.05) is 5.32 Å². The molecule has 1 aromatic carbocycles. The zero-order valence-corrected chi connectivity index (χ0v) is 14.6. The Morgan fingerprint density at radius 1 is 1.11 bits per heavy atom. The minimum absolute atomic E-state index is 0.0502. The molecule has 8 heteroatoms. The van der Waals surface area contributed by atoms with Crippen molar-refractivity contribution in [3.05, 3.63) is 65.1 Å². The number of ketones is 1. The van der Waals surface area contributed by atoms with Crippen LogP contribution in [-0.2, 0) is 12.6 Å². The first-order valence-electron chi connectivity index (χ1n) is 8.21. The molecule has 1 N–H and O–H groups in total. The van der Waals surface area contributed by atoms with Crippen molar-refractivity contribution in [3.8, 4) is 0 Å². The van der Waals surface area contributed by atoms with Crippen molar-refractivity contribution in [1.82, 2.24) is 9.38 Å². The number of imidazole rings is 1. The fourth-order valence-corrected chi connectivity index (χ4v) is 2.73. The van der Waals surface area contributed by atoms with Crippen LogP contribution < -0.4 is 5.32 Å². The molecule has 0 radical (unpaired) electrons. The van der Waals surface area contributed by atoms with Gasteiger partial charge in [-0.2, -0.15) is 13.2 Å². The monoisotopic (exact) mass is 375 g/mol. The number of aromatic nitrogens is 2. The predicted molar refractivity (Wildman–Crippen MR) is 94.0 cm³/mol. The summed E-state index contributed by atoms with van der Waals surface area (Å²) in [5.74, 6) is -0.683. The van der Waals surface area contributed by atoms with Gasteiger partial charge in [0.1, 0.15) is 11.3 Å². The molecule has 0 saturated heterocycles. The fraction of sp³-hybridized carbons (Fsp3) is 0.211. The van der Waals surface area contributed by atoms with E-state index >= 15 is 0 Å². The number of Topliss-reactive ketones (excluding diaryl/α,β-unsaturated/α-hetero) is 1. The summed E-state index contributed by atoms with van der Waals surface area (Å²) in [6, 6.07) is 8.42. The molecule has 0 atom stereocenters. The molecule has 0 bridgehead atoms. The molecule has 0 aliphatic heterocycles. The number of aryl methyl sites for hydroxylation is 1. The van der Waals surface area contributed by atoms with Gasteiger partial charge in [0, 0.05) is 17.4 Å². The number of pyridine rings is 1. The zero-order chi connectivity index (χ0) is 19.8. The van der Waals surface area contributed by atoms with Crippen LogP contribution in [-0.4, -0.2) is 21.1 Å². The van der Waals surface area contributed by atoms with Gasteiger partial charge in [-0.3, -0.25) is 14.0 Å². The Morgan fingerprint density at radius 2 is 1.78 bits per heavy atom. The van der Waals surface area contributed by atoms with Gasteiger partial charge in [-0.05, 0) is 49.7 Å². The number of nitrogens with one attached hydrogen (secondary N) is 1. The van der Waals surface area contributed by atoms with Crippen LogP contribution in [0.15, 0.2) is 42.6 Å². The molecule has 5 nitrogen and oxygen atoms in total. The molecule has 0 spiro atoms. The number of benzene rings is 1. The minimum Gasteiger partial charge on any atom is -0.321 e. The number of carbonyl (C=O) groups excluding carboxylic acids is 2. The van der Waals surface area contributed by atoms with Gasteiger partial charge in [0.2, 0.25) is 0 Å². The third-order valence-electron chi connectivity index (χ3n) is 4.12. The molecule has 27 heavy (non-hydrogen) atoms. The third kappa shape index (κ3) is 3.69. The van der Waals surface area contributed by atoms with Gasteiger partial charge in [0.05, 0.1) is 11.3 Å². The standard InChI is InChI=1S/C19H16F3N3O2/c1-3-15-17(18(27)23-14-7-4-12(5-8-14)11(2)26)25-10-13(19(20,21)22)6-9-16(25)24-15/h4-10H,3H2,1-2H3,(H,23,27). The molecule has 0 fully saturated rings. The molecule has 1 amide bonds. The van der Waals surface area contributed by atoms with Crippen LogP contribution >= 0.6 is 0 Å². The van der Waals surface area contributed by atoms with Crippen molar-refractivity contribution < 1.29 is 22.8 Å². The maximum atomic E-state index is 13.0. The van der Waals surface area contributed by atoms with Gasteiger partial charge in [-0.15, -0.1) is 0 Å². The summed E-state index contributed by atoms with van der Waals surface area (Å²) in [5, 5.41) is 2.64. The summed E-state index contributed by atoms with van der Waals surface area (Å²) in [6.45, 7) is 3.20. The van der Waals surface area contributed by atoms with Crippen LogP contribution in [0.3, 0.4) is 0 Å². The van der Waals surface area contributed by atoms with Crippen molar-refractivity contribution in [2.24, 2.45) is 0 Å². The quantitative estimate of drug-likeness (QED) is 0.689. The van der Waals surface area contributed by atoms with Crippen molar-refractivity contribution in [2.45, 2.75) is 26.4 Å². The van der Waals surface area contributed by atoms with Gasteiger partial charge < -0.3 is 5.32 Å². The molecule has 0 saturated carbocycles. The van der Waals surface area contributed by atoms with E-state index in [2.05, 4.69) is 10.3 Å². The summed E-state index contributed by atoms with van der Waals surface area (Å²) < 4.78 is 40.2. The van der Waals surface area contributed by atoms with Crippen LogP contribution in [0.1, 0.15) is 46.0 Å². The summed E-state index contributed by atoms with van der Waals surface area (Å²) in [4.78, 5) is 28.3. The van der Waals surface area contributed by atoms with Gasteiger partial charge in [-0.1, -0.05) is 6.92 Å². The lowest BCUT2D eigenvalue weighted by Gasteiger charge is -2.10. The van der Waals surface area contributed by atoms with Crippen LogP contribution in [0.25, 0.3) is 5.65 Å². The highest BCUT2D eigenvalue weighted by Gasteiger charge is 2.31. The highest BCUT2D eigenvalue weighted by atomic mass is 19.4. The summed E-state index contributed by atoms with van der Waals surface area (Å²) in [5.41, 5.74) is 0.758. The molecule has 3 aromatic rings. The number of nitrogens with zero attached hydrogens (tertiary/aromatic N) is 2. The lowest BCUT2D eigenvalue weighted by molar-refractivity contribution is -0.137. The Labute approximate surface area is 152 Å². The SMILES string of the molecule is CCc1nc2ccc(C(F)(F)F)cn2c1C(=O)Nc1ccc(C(C)=O)cc1. The Hall–Kier alpha value is -3.16. The lowest BCUT2D eigenvalue weighted by atomic mass is 10.1. The van der Waals surface area contributed by atoms with Gasteiger partial charge in [0.25, 0.3) is 5.91 Å². The van der Waals surface area contributed by atoms with E-state index in [1.807, 2.05) is 0 Å². The molecule has 0 aliphatic rings. The Balaban J connectivity index is 2.00. The topological polar surface area (TPSA) is 63.5 Å². The van der Waals surface area contributed by atoms with E-state index in [4.69, 9.17) is 0 Å². The smallest absolute Gasteiger partial charge is 0.321 e. The Bertz CT molecular complexity index is 1020.